The SMILES string of the molecule is O=C(O)CCc1oc(Sc2nccn2-c2ccccc2)nc1-c1ccc(Cl)cc1. The van der Waals surface area contributed by atoms with E-state index in [0.717, 1.165) is 11.3 Å². The van der Waals surface area contributed by atoms with E-state index in [9.17, 15) is 4.79 Å². The van der Waals surface area contributed by atoms with Crippen LogP contribution in [-0.2, 0) is 11.2 Å². The van der Waals surface area contributed by atoms with Crippen LogP contribution >= 0.6 is 23.4 Å². The first-order valence-corrected chi connectivity index (χ1v) is 10.0. The van der Waals surface area contributed by atoms with Crippen molar-refractivity contribution >= 4 is 29.3 Å². The molecule has 6 nitrogen and oxygen atoms in total. The molecule has 0 aliphatic rings. The van der Waals surface area contributed by atoms with E-state index < -0.39 is 5.97 Å². The van der Waals surface area contributed by atoms with Crippen LogP contribution in [0.15, 0.2) is 81.8 Å². The van der Waals surface area contributed by atoms with E-state index in [1.54, 1.807) is 18.3 Å². The molecule has 0 radical (unpaired) electrons. The molecular weight excluding hydrogens is 410 g/mol. The van der Waals surface area contributed by atoms with Gasteiger partial charge in [0.1, 0.15) is 11.5 Å². The highest BCUT2D eigenvalue weighted by Crippen LogP contribution is 2.34. The van der Waals surface area contributed by atoms with Gasteiger partial charge in [-0.15, -0.1) is 0 Å². The number of para-hydroxylation sites is 1. The van der Waals surface area contributed by atoms with E-state index >= 15 is 0 Å². The average Bonchev–Trinajstić information content (AvgIpc) is 3.35. The second kappa shape index (κ2) is 8.55. The minimum Gasteiger partial charge on any atom is -0.481 e. The first-order chi connectivity index (χ1) is 14.1. The molecule has 0 spiro atoms. The molecule has 0 atom stereocenters. The number of oxazole rings is 1. The highest BCUT2D eigenvalue weighted by atomic mass is 35.5. The fourth-order valence-electron chi connectivity index (χ4n) is 2.83. The minimum absolute atomic E-state index is 0.0431. The smallest absolute Gasteiger partial charge is 0.303 e. The quantitative estimate of drug-likeness (QED) is 0.430. The predicted octanol–water partition coefficient (Wildman–Crippen LogP) is 5.35. The summed E-state index contributed by atoms with van der Waals surface area (Å²) < 4.78 is 7.85. The van der Waals surface area contributed by atoms with Crippen molar-refractivity contribution in [2.75, 3.05) is 0 Å². The van der Waals surface area contributed by atoms with Gasteiger partial charge < -0.3 is 9.52 Å². The third-order valence-electron chi connectivity index (χ3n) is 4.18. The van der Waals surface area contributed by atoms with Crippen LogP contribution in [0.1, 0.15) is 12.2 Å². The number of aryl methyl sites for hydroxylation is 1. The van der Waals surface area contributed by atoms with Gasteiger partial charge in [-0.25, -0.2) is 9.97 Å². The monoisotopic (exact) mass is 425 g/mol. The molecule has 0 aliphatic heterocycles. The summed E-state index contributed by atoms with van der Waals surface area (Å²) in [5, 5.41) is 10.8. The van der Waals surface area contributed by atoms with Crippen molar-refractivity contribution in [3.63, 3.8) is 0 Å². The van der Waals surface area contributed by atoms with Gasteiger partial charge in [0, 0.05) is 46.8 Å². The average molecular weight is 426 g/mol. The molecule has 0 unspecified atom stereocenters. The maximum atomic E-state index is 11.0. The van der Waals surface area contributed by atoms with E-state index in [1.807, 2.05) is 53.2 Å². The normalized spacial score (nSPS) is 10.9. The topological polar surface area (TPSA) is 81.1 Å². The van der Waals surface area contributed by atoms with E-state index in [-0.39, 0.29) is 12.8 Å². The third-order valence-corrected chi connectivity index (χ3v) is 5.27. The molecule has 8 heteroatoms. The summed E-state index contributed by atoms with van der Waals surface area (Å²) in [6, 6.07) is 17.0. The number of carboxylic acids is 1. The number of nitrogens with zero attached hydrogens (tertiary/aromatic N) is 3. The first kappa shape index (κ1) is 19.3. The Balaban J connectivity index is 1.67. The summed E-state index contributed by atoms with van der Waals surface area (Å²) in [7, 11) is 0. The molecule has 4 rings (SSSR count). The Morgan fingerprint density at radius 2 is 1.90 bits per heavy atom. The van der Waals surface area contributed by atoms with Gasteiger partial charge in [-0.1, -0.05) is 41.9 Å². The largest absolute Gasteiger partial charge is 0.481 e. The summed E-state index contributed by atoms with van der Waals surface area (Å²) in [4.78, 5) is 20.0. The predicted molar refractivity (Wildman–Crippen MR) is 111 cm³/mol. The molecule has 0 bridgehead atoms. The van der Waals surface area contributed by atoms with Crippen molar-refractivity contribution in [3.8, 4) is 16.9 Å². The van der Waals surface area contributed by atoms with E-state index in [0.29, 0.717) is 26.9 Å². The second-order valence-electron chi connectivity index (χ2n) is 6.17. The van der Waals surface area contributed by atoms with E-state index in [2.05, 4.69) is 9.97 Å². The lowest BCUT2D eigenvalue weighted by Crippen LogP contribution is -1.97. The number of aromatic nitrogens is 3. The van der Waals surface area contributed by atoms with Crippen molar-refractivity contribution in [2.45, 2.75) is 23.2 Å². The number of imidazole rings is 1. The van der Waals surface area contributed by atoms with Crippen LogP contribution in [-0.4, -0.2) is 25.6 Å². The maximum Gasteiger partial charge on any atom is 0.303 e. The number of hydrogen-bond acceptors (Lipinski definition) is 5. The Kier molecular flexibility index (Phi) is 5.69. The van der Waals surface area contributed by atoms with Crippen molar-refractivity contribution in [2.24, 2.45) is 0 Å². The summed E-state index contributed by atoms with van der Waals surface area (Å²) in [6.45, 7) is 0. The number of rotatable bonds is 7. The molecule has 29 heavy (non-hydrogen) atoms. The molecule has 2 aromatic carbocycles. The van der Waals surface area contributed by atoms with Gasteiger partial charge in [-0.2, -0.15) is 0 Å². The zero-order chi connectivity index (χ0) is 20.2. The van der Waals surface area contributed by atoms with Crippen LogP contribution < -0.4 is 0 Å². The standard InChI is InChI=1S/C21H16ClN3O3S/c22-15-8-6-14(7-9-15)19-17(10-11-18(26)27)28-21(24-19)29-20-23-12-13-25(20)16-4-2-1-3-5-16/h1-9,12-13H,10-11H2,(H,26,27). The summed E-state index contributed by atoms with van der Waals surface area (Å²) in [5.74, 6) is -0.368. The van der Waals surface area contributed by atoms with Gasteiger partial charge in [-0.3, -0.25) is 9.36 Å². The zero-order valence-electron chi connectivity index (χ0n) is 15.2. The fourth-order valence-corrected chi connectivity index (χ4v) is 3.77. The second-order valence-corrected chi connectivity index (χ2v) is 7.52. The van der Waals surface area contributed by atoms with Gasteiger partial charge in [0.2, 0.25) is 0 Å². The summed E-state index contributed by atoms with van der Waals surface area (Å²) >= 11 is 7.26. The molecule has 0 aliphatic carbocycles. The van der Waals surface area contributed by atoms with Gasteiger partial charge >= 0.3 is 5.97 Å². The molecule has 0 amide bonds. The van der Waals surface area contributed by atoms with Crippen molar-refractivity contribution in [1.29, 1.82) is 0 Å². The first-order valence-electron chi connectivity index (χ1n) is 8.84. The molecule has 2 aromatic heterocycles. The number of carbonyl (C=O) groups is 1. The molecule has 4 aromatic rings. The number of hydrogen-bond donors (Lipinski definition) is 1. The van der Waals surface area contributed by atoms with Crippen molar-refractivity contribution in [1.82, 2.24) is 14.5 Å². The maximum absolute atomic E-state index is 11.0. The van der Waals surface area contributed by atoms with E-state index in [1.165, 1.54) is 11.8 Å². The minimum atomic E-state index is -0.891. The van der Waals surface area contributed by atoms with Crippen LogP contribution in [0.4, 0.5) is 0 Å². The van der Waals surface area contributed by atoms with Crippen LogP contribution in [0.5, 0.6) is 0 Å². The molecule has 0 saturated heterocycles. The molecule has 1 N–H and O–H groups in total. The number of aliphatic carboxylic acids is 1. The third kappa shape index (κ3) is 4.52. The lowest BCUT2D eigenvalue weighted by molar-refractivity contribution is -0.137. The molecule has 2 heterocycles. The lowest BCUT2D eigenvalue weighted by atomic mass is 10.1. The number of halogens is 1. The molecular formula is C21H16ClN3O3S. The van der Waals surface area contributed by atoms with Gasteiger partial charge in [0.15, 0.2) is 5.16 Å². The molecule has 0 saturated carbocycles. The molecule has 146 valence electrons. The fraction of sp³-hybridized carbons (Fsp3) is 0.0952. The van der Waals surface area contributed by atoms with Crippen molar-refractivity contribution in [3.05, 3.63) is 77.8 Å². The van der Waals surface area contributed by atoms with Crippen LogP contribution in [0.3, 0.4) is 0 Å². The number of carboxylic acid groups (broad SMARTS) is 1. The summed E-state index contributed by atoms with van der Waals surface area (Å²) in [6.07, 6.45) is 3.78. The summed E-state index contributed by atoms with van der Waals surface area (Å²) in [5.41, 5.74) is 2.41. The zero-order valence-corrected chi connectivity index (χ0v) is 16.7. The van der Waals surface area contributed by atoms with Crippen LogP contribution in [0.25, 0.3) is 16.9 Å². The highest BCUT2D eigenvalue weighted by Gasteiger charge is 2.19. The Labute approximate surface area is 176 Å². The Morgan fingerprint density at radius 1 is 1.14 bits per heavy atom. The Bertz CT molecular complexity index is 1120. The number of benzene rings is 2. The van der Waals surface area contributed by atoms with Gasteiger partial charge in [0.25, 0.3) is 5.22 Å². The van der Waals surface area contributed by atoms with Crippen LogP contribution in [0, 0.1) is 0 Å². The van der Waals surface area contributed by atoms with Gasteiger partial charge in [0.05, 0.1) is 6.42 Å². The van der Waals surface area contributed by atoms with Crippen LogP contribution in [0.2, 0.25) is 5.02 Å². The Hall–Kier alpha value is -3.03. The molecule has 0 fully saturated rings. The van der Waals surface area contributed by atoms with Gasteiger partial charge in [-0.05, 0) is 24.3 Å². The highest BCUT2D eigenvalue weighted by molar-refractivity contribution is 7.99. The Morgan fingerprint density at radius 3 is 2.62 bits per heavy atom. The van der Waals surface area contributed by atoms with E-state index in [4.69, 9.17) is 21.1 Å². The lowest BCUT2D eigenvalue weighted by Gasteiger charge is -2.05. The van der Waals surface area contributed by atoms with Crippen molar-refractivity contribution < 1.29 is 14.3 Å².